The van der Waals surface area contributed by atoms with Gasteiger partial charge in [-0.05, 0) is 37.1 Å². The summed E-state index contributed by atoms with van der Waals surface area (Å²) in [5.41, 5.74) is 9.47. The predicted octanol–water partition coefficient (Wildman–Crippen LogP) is 6.46. The van der Waals surface area contributed by atoms with Gasteiger partial charge in [0.25, 0.3) is 0 Å². The number of nitrogens with one attached hydrogen (secondary N) is 1. The van der Waals surface area contributed by atoms with Gasteiger partial charge in [-0.15, -0.1) is 11.3 Å². The maximum atomic E-state index is 6.08. The zero-order valence-corrected chi connectivity index (χ0v) is 19.1. The molecule has 1 aromatic heterocycles. The number of thiazole rings is 1. The van der Waals surface area contributed by atoms with Gasteiger partial charge in [-0.3, -0.25) is 5.43 Å². The van der Waals surface area contributed by atoms with Crippen molar-refractivity contribution in [3.8, 4) is 22.8 Å². The van der Waals surface area contributed by atoms with E-state index in [0.29, 0.717) is 18.1 Å². The van der Waals surface area contributed by atoms with Crippen LogP contribution in [0.15, 0.2) is 77.2 Å². The molecule has 0 aliphatic carbocycles. The first-order valence-corrected chi connectivity index (χ1v) is 11.2. The van der Waals surface area contributed by atoms with E-state index in [1.165, 1.54) is 22.5 Å². The fraction of sp³-hybridized carbons (Fsp3) is 0.154. The summed E-state index contributed by atoms with van der Waals surface area (Å²) in [6.45, 7) is 4.64. The summed E-state index contributed by atoms with van der Waals surface area (Å²) in [6, 6.07) is 22.1. The van der Waals surface area contributed by atoms with Gasteiger partial charge in [0, 0.05) is 16.5 Å². The van der Waals surface area contributed by atoms with E-state index in [-0.39, 0.29) is 0 Å². The van der Waals surface area contributed by atoms with Gasteiger partial charge in [0.15, 0.2) is 11.5 Å². The highest BCUT2D eigenvalue weighted by atomic mass is 32.1. The van der Waals surface area contributed by atoms with Gasteiger partial charge in [-0.25, -0.2) is 4.98 Å². The summed E-state index contributed by atoms with van der Waals surface area (Å²) in [6.07, 6.45) is 1.72. The zero-order valence-electron chi connectivity index (χ0n) is 18.3. The SMILES string of the molecule is COc1cccc(/C=N\Nc2nc(-c3ccc(C)cc3C)cs2)c1OCc1ccccc1. The summed E-state index contributed by atoms with van der Waals surface area (Å²) in [5.74, 6) is 1.32. The lowest BCUT2D eigenvalue weighted by molar-refractivity contribution is 0.284. The Morgan fingerprint density at radius 3 is 2.66 bits per heavy atom. The van der Waals surface area contributed by atoms with Crippen LogP contribution in [-0.4, -0.2) is 18.3 Å². The fourth-order valence-electron chi connectivity index (χ4n) is 3.39. The highest BCUT2D eigenvalue weighted by molar-refractivity contribution is 7.14. The minimum atomic E-state index is 0.446. The van der Waals surface area contributed by atoms with Crippen LogP contribution in [0.25, 0.3) is 11.3 Å². The minimum absolute atomic E-state index is 0.446. The molecule has 6 heteroatoms. The minimum Gasteiger partial charge on any atom is -0.493 e. The Hall–Kier alpha value is -3.64. The van der Waals surface area contributed by atoms with E-state index in [1.807, 2.05) is 53.9 Å². The molecule has 0 saturated heterocycles. The number of hydrogen-bond donors (Lipinski definition) is 1. The lowest BCUT2D eigenvalue weighted by Crippen LogP contribution is -2.01. The van der Waals surface area contributed by atoms with Gasteiger partial charge in [0.1, 0.15) is 6.61 Å². The molecular formula is C26H25N3O2S. The molecule has 0 unspecified atom stereocenters. The normalized spacial score (nSPS) is 11.0. The third-order valence-corrected chi connectivity index (χ3v) is 5.73. The Balaban J connectivity index is 1.48. The van der Waals surface area contributed by atoms with Crippen molar-refractivity contribution in [3.63, 3.8) is 0 Å². The second-order valence-electron chi connectivity index (χ2n) is 7.38. The lowest BCUT2D eigenvalue weighted by Gasteiger charge is -2.13. The number of anilines is 1. The number of ether oxygens (including phenoxy) is 2. The average Bonchev–Trinajstić information content (AvgIpc) is 3.27. The summed E-state index contributed by atoms with van der Waals surface area (Å²) in [4.78, 5) is 4.67. The predicted molar refractivity (Wildman–Crippen MR) is 132 cm³/mol. The molecule has 0 saturated carbocycles. The van der Waals surface area contributed by atoms with E-state index in [4.69, 9.17) is 9.47 Å². The van der Waals surface area contributed by atoms with Crippen LogP contribution >= 0.6 is 11.3 Å². The first-order chi connectivity index (χ1) is 15.6. The largest absolute Gasteiger partial charge is 0.493 e. The molecule has 0 bridgehead atoms. The number of para-hydroxylation sites is 1. The van der Waals surface area contributed by atoms with Crippen LogP contribution in [0.4, 0.5) is 5.13 Å². The maximum Gasteiger partial charge on any atom is 0.203 e. The summed E-state index contributed by atoms with van der Waals surface area (Å²) >= 11 is 1.52. The topological polar surface area (TPSA) is 55.7 Å². The number of aromatic nitrogens is 1. The molecule has 4 aromatic rings. The number of benzene rings is 3. The molecule has 0 spiro atoms. The van der Waals surface area contributed by atoms with Crippen LogP contribution in [0.1, 0.15) is 22.3 Å². The lowest BCUT2D eigenvalue weighted by atomic mass is 10.0. The van der Waals surface area contributed by atoms with E-state index in [2.05, 4.69) is 47.6 Å². The Bertz CT molecular complexity index is 1220. The molecule has 162 valence electrons. The quantitative estimate of drug-likeness (QED) is 0.251. The number of nitrogens with zero attached hydrogens (tertiary/aromatic N) is 2. The van der Waals surface area contributed by atoms with Crippen molar-refractivity contribution < 1.29 is 9.47 Å². The Morgan fingerprint density at radius 2 is 1.88 bits per heavy atom. The standard InChI is InChI=1S/C26H25N3O2S/c1-18-12-13-22(19(2)14-18)23-17-32-26(28-23)29-27-15-21-10-7-11-24(30-3)25(21)31-16-20-8-5-4-6-9-20/h4-15,17H,16H2,1-3H3,(H,28,29)/b27-15-. The first kappa shape index (κ1) is 21.6. The van der Waals surface area contributed by atoms with E-state index in [1.54, 1.807) is 13.3 Å². The highest BCUT2D eigenvalue weighted by Gasteiger charge is 2.10. The molecule has 0 amide bonds. The van der Waals surface area contributed by atoms with Gasteiger partial charge in [-0.1, -0.05) is 60.2 Å². The molecule has 0 atom stereocenters. The van der Waals surface area contributed by atoms with Gasteiger partial charge in [-0.2, -0.15) is 5.10 Å². The van der Waals surface area contributed by atoms with Crippen LogP contribution in [0.3, 0.4) is 0 Å². The van der Waals surface area contributed by atoms with Crippen molar-refractivity contribution in [1.82, 2.24) is 4.98 Å². The second kappa shape index (κ2) is 10.1. The van der Waals surface area contributed by atoms with Gasteiger partial charge >= 0.3 is 0 Å². The van der Waals surface area contributed by atoms with Crippen LogP contribution in [0.2, 0.25) is 0 Å². The summed E-state index contributed by atoms with van der Waals surface area (Å²) in [5, 5.41) is 7.15. The smallest absolute Gasteiger partial charge is 0.203 e. The summed E-state index contributed by atoms with van der Waals surface area (Å²) in [7, 11) is 1.63. The van der Waals surface area contributed by atoms with Crippen LogP contribution in [-0.2, 0) is 6.61 Å². The van der Waals surface area contributed by atoms with E-state index >= 15 is 0 Å². The molecule has 0 fully saturated rings. The Morgan fingerprint density at radius 1 is 1.03 bits per heavy atom. The molecule has 4 rings (SSSR count). The molecule has 0 radical (unpaired) electrons. The fourth-order valence-corrected chi connectivity index (χ4v) is 4.05. The third kappa shape index (κ3) is 5.15. The van der Waals surface area contributed by atoms with Crippen LogP contribution < -0.4 is 14.9 Å². The van der Waals surface area contributed by atoms with E-state index < -0.39 is 0 Å². The molecule has 1 heterocycles. The van der Waals surface area contributed by atoms with Crippen LogP contribution in [0, 0.1) is 13.8 Å². The molecule has 0 aliphatic rings. The molecular weight excluding hydrogens is 418 g/mol. The molecule has 1 N–H and O–H groups in total. The van der Waals surface area contributed by atoms with Crippen molar-refractivity contribution in [2.75, 3.05) is 12.5 Å². The Labute approximate surface area is 192 Å². The number of methoxy groups -OCH3 is 1. The second-order valence-corrected chi connectivity index (χ2v) is 8.24. The molecule has 32 heavy (non-hydrogen) atoms. The van der Waals surface area contributed by atoms with Crippen molar-refractivity contribution in [2.45, 2.75) is 20.5 Å². The van der Waals surface area contributed by atoms with E-state index in [9.17, 15) is 0 Å². The zero-order chi connectivity index (χ0) is 22.3. The summed E-state index contributed by atoms with van der Waals surface area (Å²) < 4.78 is 11.6. The van der Waals surface area contributed by atoms with E-state index in [0.717, 1.165) is 27.5 Å². The number of rotatable bonds is 8. The highest BCUT2D eigenvalue weighted by Crippen LogP contribution is 2.31. The first-order valence-electron chi connectivity index (χ1n) is 10.3. The van der Waals surface area contributed by atoms with Gasteiger partial charge in [0.05, 0.1) is 19.0 Å². The average molecular weight is 444 g/mol. The monoisotopic (exact) mass is 443 g/mol. The molecule has 3 aromatic carbocycles. The van der Waals surface area contributed by atoms with Crippen molar-refractivity contribution in [1.29, 1.82) is 0 Å². The molecule has 0 aliphatic heterocycles. The Kier molecular flexibility index (Phi) is 6.82. The maximum absolute atomic E-state index is 6.08. The van der Waals surface area contributed by atoms with Crippen molar-refractivity contribution >= 4 is 22.7 Å². The third-order valence-electron chi connectivity index (χ3n) is 4.98. The van der Waals surface area contributed by atoms with Gasteiger partial charge in [0.2, 0.25) is 5.13 Å². The van der Waals surface area contributed by atoms with Crippen LogP contribution in [0.5, 0.6) is 11.5 Å². The van der Waals surface area contributed by atoms with Gasteiger partial charge < -0.3 is 9.47 Å². The van der Waals surface area contributed by atoms with Crippen molar-refractivity contribution in [2.24, 2.45) is 5.10 Å². The molecule has 5 nitrogen and oxygen atoms in total. The van der Waals surface area contributed by atoms with Crippen molar-refractivity contribution in [3.05, 3.63) is 94.4 Å². The number of hydrogen-bond acceptors (Lipinski definition) is 6. The number of aryl methyl sites for hydroxylation is 2. The number of hydrazone groups is 1.